The van der Waals surface area contributed by atoms with Gasteiger partial charge in [0.05, 0.1) is 12.7 Å². The SMILES string of the molecule is CC(O)COP(=O)(O)Oc1ccc(Cl)cc1. The average molecular weight is 267 g/mol. The number of hydrogen-bond donors (Lipinski definition) is 2. The lowest BCUT2D eigenvalue weighted by Gasteiger charge is -2.13. The summed E-state index contributed by atoms with van der Waals surface area (Å²) >= 11 is 5.63. The van der Waals surface area contributed by atoms with Crippen LogP contribution in [0.2, 0.25) is 5.02 Å². The largest absolute Gasteiger partial charge is 0.527 e. The Hall–Kier alpha value is -0.580. The second kappa shape index (κ2) is 5.66. The number of phosphoric acid groups is 1. The topological polar surface area (TPSA) is 76.0 Å². The van der Waals surface area contributed by atoms with Gasteiger partial charge < -0.3 is 9.63 Å². The molecule has 0 aliphatic rings. The Morgan fingerprint density at radius 1 is 1.44 bits per heavy atom. The van der Waals surface area contributed by atoms with Crippen molar-refractivity contribution in [1.82, 2.24) is 0 Å². The van der Waals surface area contributed by atoms with E-state index in [1.807, 2.05) is 0 Å². The molecule has 2 N–H and O–H groups in total. The molecule has 1 aromatic carbocycles. The van der Waals surface area contributed by atoms with Crippen molar-refractivity contribution in [3.05, 3.63) is 29.3 Å². The molecular formula is C9H12ClO5P. The second-order valence-corrected chi connectivity index (χ2v) is 4.97. The van der Waals surface area contributed by atoms with Crippen LogP contribution in [-0.2, 0) is 9.09 Å². The number of halogens is 1. The van der Waals surface area contributed by atoms with E-state index in [9.17, 15) is 9.46 Å². The highest BCUT2D eigenvalue weighted by molar-refractivity contribution is 7.47. The van der Waals surface area contributed by atoms with Gasteiger partial charge in [-0.05, 0) is 31.2 Å². The number of hydrogen-bond acceptors (Lipinski definition) is 4. The van der Waals surface area contributed by atoms with Gasteiger partial charge in [-0.15, -0.1) is 0 Å². The monoisotopic (exact) mass is 266 g/mol. The Morgan fingerprint density at radius 2 is 2.00 bits per heavy atom. The van der Waals surface area contributed by atoms with E-state index in [0.29, 0.717) is 5.02 Å². The predicted octanol–water partition coefficient (Wildman–Crippen LogP) is 2.22. The van der Waals surface area contributed by atoms with Crippen LogP contribution in [0.1, 0.15) is 6.92 Å². The molecule has 90 valence electrons. The van der Waals surface area contributed by atoms with E-state index in [0.717, 1.165) is 0 Å². The Labute approximate surface area is 98.2 Å². The highest BCUT2D eigenvalue weighted by atomic mass is 35.5. The minimum Gasteiger partial charge on any atom is -0.404 e. The number of rotatable bonds is 5. The van der Waals surface area contributed by atoms with E-state index >= 15 is 0 Å². The van der Waals surface area contributed by atoms with Gasteiger partial charge in [0.25, 0.3) is 0 Å². The molecule has 0 heterocycles. The van der Waals surface area contributed by atoms with Crippen LogP contribution in [0.25, 0.3) is 0 Å². The van der Waals surface area contributed by atoms with E-state index in [1.165, 1.54) is 31.2 Å². The molecule has 1 rings (SSSR count). The second-order valence-electron chi connectivity index (χ2n) is 3.16. The quantitative estimate of drug-likeness (QED) is 0.799. The molecule has 2 unspecified atom stereocenters. The lowest BCUT2D eigenvalue weighted by Crippen LogP contribution is -2.10. The van der Waals surface area contributed by atoms with Crippen LogP contribution in [0, 0.1) is 0 Å². The van der Waals surface area contributed by atoms with Crippen molar-refractivity contribution in [2.45, 2.75) is 13.0 Å². The van der Waals surface area contributed by atoms with E-state index in [-0.39, 0.29) is 12.4 Å². The summed E-state index contributed by atoms with van der Waals surface area (Å²) in [6.45, 7) is 1.16. The van der Waals surface area contributed by atoms with Crippen molar-refractivity contribution in [1.29, 1.82) is 0 Å². The maximum atomic E-state index is 11.3. The molecule has 2 atom stereocenters. The molecule has 0 aliphatic heterocycles. The van der Waals surface area contributed by atoms with Crippen LogP contribution in [0.4, 0.5) is 0 Å². The average Bonchev–Trinajstić information content (AvgIpc) is 2.19. The summed E-state index contributed by atoms with van der Waals surface area (Å²) in [4.78, 5) is 9.25. The third-order valence-corrected chi connectivity index (χ3v) is 2.68. The zero-order valence-electron chi connectivity index (χ0n) is 8.54. The molecule has 1 aromatic rings. The molecule has 7 heteroatoms. The Morgan fingerprint density at radius 3 is 2.50 bits per heavy atom. The number of aliphatic hydroxyl groups is 1. The molecule has 0 fully saturated rings. The number of benzene rings is 1. The summed E-state index contributed by atoms with van der Waals surface area (Å²) in [7, 11) is -4.19. The van der Waals surface area contributed by atoms with Crippen LogP contribution in [0.15, 0.2) is 24.3 Å². The highest BCUT2D eigenvalue weighted by Crippen LogP contribution is 2.43. The highest BCUT2D eigenvalue weighted by Gasteiger charge is 2.23. The van der Waals surface area contributed by atoms with E-state index in [2.05, 4.69) is 4.52 Å². The van der Waals surface area contributed by atoms with Gasteiger partial charge in [0.2, 0.25) is 0 Å². The van der Waals surface area contributed by atoms with Crippen molar-refractivity contribution >= 4 is 19.4 Å². The first-order valence-corrected chi connectivity index (χ1v) is 6.37. The summed E-state index contributed by atoms with van der Waals surface area (Å²) in [6.07, 6.45) is -0.839. The molecule has 0 radical (unpaired) electrons. The number of phosphoric ester groups is 1. The fourth-order valence-electron chi connectivity index (χ4n) is 0.857. The molecule has 16 heavy (non-hydrogen) atoms. The standard InChI is InChI=1S/C9H12ClO5P/c1-7(11)6-14-16(12,13)15-9-4-2-8(10)3-5-9/h2-5,7,11H,6H2,1H3,(H,12,13). The summed E-state index contributed by atoms with van der Waals surface area (Å²) in [5, 5.41) is 9.38. The van der Waals surface area contributed by atoms with Crippen LogP contribution in [-0.4, -0.2) is 22.7 Å². The minimum absolute atomic E-state index is 0.167. The summed E-state index contributed by atoms with van der Waals surface area (Å²) in [6, 6.07) is 5.92. The minimum atomic E-state index is -4.19. The normalized spacial score (nSPS) is 16.5. The lowest BCUT2D eigenvalue weighted by atomic mass is 10.3. The first-order valence-electron chi connectivity index (χ1n) is 4.49. The predicted molar refractivity (Wildman–Crippen MR) is 59.5 cm³/mol. The van der Waals surface area contributed by atoms with E-state index in [1.54, 1.807) is 0 Å². The van der Waals surface area contributed by atoms with E-state index < -0.39 is 13.9 Å². The van der Waals surface area contributed by atoms with Crippen molar-refractivity contribution in [2.75, 3.05) is 6.61 Å². The molecule has 0 bridgehead atoms. The van der Waals surface area contributed by atoms with Gasteiger partial charge in [-0.1, -0.05) is 11.6 Å². The maximum Gasteiger partial charge on any atom is 0.527 e. The van der Waals surface area contributed by atoms with Gasteiger partial charge in [-0.25, -0.2) is 4.57 Å². The zero-order valence-corrected chi connectivity index (χ0v) is 10.2. The summed E-state index contributed by atoms with van der Waals surface area (Å²) in [5.74, 6) is 0.167. The fraction of sp³-hybridized carbons (Fsp3) is 0.333. The molecule has 0 amide bonds. The molecule has 0 spiro atoms. The van der Waals surface area contributed by atoms with Crippen LogP contribution in [0.3, 0.4) is 0 Å². The Balaban J connectivity index is 2.58. The van der Waals surface area contributed by atoms with E-state index in [4.69, 9.17) is 21.2 Å². The molecular weight excluding hydrogens is 255 g/mol. The Kier molecular flexibility index (Phi) is 4.77. The van der Waals surface area contributed by atoms with Crippen molar-refractivity contribution in [3.63, 3.8) is 0 Å². The first-order chi connectivity index (χ1) is 7.39. The molecule has 5 nitrogen and oxygen atoms in total. The van der Waals surface area contributed by atoms with Crippen molar-refractivity contribution < 1.29 is 23.6 Å². The zero-order chi connectivity index (χ0) is 12.2. The van der Waals surface area contributed by atoms with Gasteiger partial charge in [0, 0.05) is 5.02 Å². The summed E-state index contributed by atoms with van der Waals surface area (Å²) < 4.78 is 20.6. The number of aliphatic hydroxyl groups excluding tert-OH is 1. The Bertz CT molecular complexity index is 378. The third kappa shape index (κ3) is 4.96. The van der Waals surface area contributed by atoms with Gasteiger partial charge >= 0.3 is 7.82 Å². The van der Waals surface area contributed by atoms with Crippen LogP contribution in [0.5, 0.6) is 5.75 Å². The van der Waals surface area contributed by atoms with Crippen LogP contribution >= 0.6 is 19.4 Å². The maximum absolute atomic E-state index is 11.3. The molecule has 0 aromatic heterocycles. The van der Waals surface area contributed by atoms with Crippen molar-refractivity contribution in [2.24, 2.45) is 0 Å². The smallest absolute Gasteiger partial charge is 0.404 e. The molecule has 0 saturated heterocycles. The van der Waals surface area contributed by atoms with Gasteiger partial charge in [0.1, 0.15) is 5.75 Å². The van der Waals surface area contributed by atoms with Gasteiger partial charge in [-0.2, -0.15) is 0 Å². The fourth-order valence-corrected chi connectivity index (χ4v) is 1.83. The van der Waals surface area contributed by atoms with Crippen LogP contribution < -0.4 is 4.52 Å². The van der Waals surface area contributed by atoms with Crippen molar-refractivity contribution in [3.8, 4) is 5.75 Å². The molecule has 0 saturated carbocycles. The van der Waals surface area contributed by atoms with Gasteiger partial charge in [-0.3, -0.25) is 9.42 Å². The summed E-state index contributed by atoms with van der Waals surface area (Å²) in [5.41, 5.74) is 0. The first kappa shape index (κ1) is 13.5. The lowest BCUT2D eigenvalue weighted by molar-refractivity contribution is 0.0991. The molecule has 0 aliphatic carbocycles. The third-order valence-electron chi connectivity index (χ3n) is 1.51. The van der Waals surface area contributed by atoms with Gasteiger partial charge in [0.15, 0.2) is 0 Å².